The number of hydrogen-bond donors (Lipinski definition) is 0. The molecule has 48 atom stereocenters. The molecule has 0 N–H and O–H groups in total. The van der Waals surface area contributed by atoms with Gasteiger partial charge in [0.15, 0.2) is 0 Å². The quantitative estimate of drug-likeness (QED) is 0.198. The molecule has 21 aliphatic carbocycles. The first-order valence-electron chi connectivity index (χ1n) is 64.3. The van der Waals surface area contributed by atoms with E-state index in [2.05, 4.69) is 428 Å². The maximum absolute atomic E-state index is 5.59. The standard InChI is InChI=1S/C16H26.C13H22.C12H20.C12H22.C12H24.C11H20.4C10H20.C9H18.C8H16O.C8H16/c1-7-8(2)12-5-11(7)15-13-6-14(16(12)15)10(4)9(13)3;1-6-7(2)11-5-10(6)12-8(3)9(4)13(11)12;1-7-8(2)12-6-5-11(7)9(3)10(12)4;1-5-10-9(4)11-6-12(10)8(3)7(11)2;1-9(2)10(3,4)12(7,8)11(9,5)6;1-6-7(2)11-5-10(6)8(3)9(11)4;1-7-9(3,4)8(2)10(7,5)6;1-7-8(2)10(5,6)9(7,3)4;1-7-5-9(3)10(4)6-8(7)2;1-5-10-8(3)6-7(2)9(10)4;1-6-5-7(2)9(4)8(6)3;1-5-6(2)8(4)9-7(5)3;1-5-6(2)8(4)7(5)3/h7-16H,5-6H2,1-4H3;6-13H,5H2,1-4H3;5-12H,1-4H3;7-12H,5-6H2,1-4H3;1-8H3;6-11H,5H2,1-4H3;2*7-8H,1-6H3;2*7-10H,5-6H2,1-4H3;6-9H,5H2,1-4H3;5-8H,1-4H3;5-8H,1-4H3. The molecule has 834 valence electrons. The summed E-state index contributed by atoms with van der Waals surface area (Å²) in [7, 11) is 0. The van der Waals surface area contributed by atoms with Gasteiger partial charge in [0.2, 0.25) is 0 Å². The first-order valence-corrected chi connectivity index (χ1v) is 64.3. The van der Waals surface area contributed by atoms with Gasteiger partial charge in [-0.25, -0.2) is 0 Å². The number of allylic oxidation sites excluding steroid dienone is 2. The Morgan fingerprint density at radius 1 is 0.183 bits per heavy atom. The molecule has 12 bridgehead atoms. The van der Waals surface area contributed by atoms with Gasteiger partial charge in [0, 0.05) is 0 Å². The van der Waals surface area contributed by atoms with Gasteiger partial charge in [-0.3, -0.25) is 0 Å². The zero-order valence-corrected chi connectivity index (χ0v) is 108. The van der Waals surface area contributed by atoms with E-state index in [9.17, 15) is 0 Å². The lowest BCUT2D eigenvalue weighted by Gasteiger charge is -2.76. The van der Waals surface area contributed by atoms with E-state index < -0.39 is 0 Å². The van der Waals surface area contributed by atoms with Crippen LogP contribution in [0.3, 0.4) is 0 Å². The molecule has 1 heterocycles. The second-order valence-electron chi connectivity index (χ2n) is 64.8. The molecule has 0 spiro atoms. The summed E-state index contributed by atoms with van der Waals surface area (Å²) in [6.45, 7) is 144. The van der Waals surface area contributed by atoms with Crippen LogP contribution < -0.4 is 0 Å². The zero-order chi connectivity index (χ0) is 109. The minimum atomic E-state index is 0.448. The number of ether oxygens (including phenoxy) is 1. The van der Waals surface area contributed by atoms with E-state index in [-0.39, 0.29) is 0 Å². The molecule has 1 saturated heterocycles. The Labute approximate surface area is 895 Å². The summed E-state index contributed by atoms with van der Waals surface area (Å²) in [5, 5.41) is 0. The molecule has 22 rings (SSSR count). The van der Waals surface area contributed by atoms with Crippen molar-refractivity contribution in [2.45, 2.75) is 498 Å². The van der Waals surface area contributed by atoms with Crippen molar-refractivity contribution < 1.29 is 4.74 Å². The smallest absolute Gasteiger partial charge is 0.0579 e. The minimum absolute atomic E-state index is 0.448. The van der Waals surface area contributed by atoms with Crippen molar-refractivity contribution in [3.05, 3.63) is 12.2 Å². The van der Waals surface area contributed by atoms with Crippen LogP contribution in [-0.4, -0.2) is 12.2 Å². The Hall–Kier alpha value is -0.300. The highest BCUT2D eigenvalue weighted by Crippen LogP contribution is 2.78. The fourth-order valence-corrected chi connectivity index (χ4v) is 41.2. The van der Waals surface area contributed by atoms with Crippen molar-refractivity contribution in [2.24, 2.45) is 387 Å². The number of hydrogen-bond acceptors (Lipinski definition) is 1. The minimum Gasteiger partial charge on any atom is -0.375 e. The molecular formula is C141H264O. The van der Waals surface area contributed by atoms with Crippen molar-refractivity contribution in [1.29, 1.82) is 0 Å². The van der Waals surface area contributed by atoms with Crippen LogP contribution in [0.1, 0.15) is 486 Å². The maximum Gasteiger partial charge on any atom is 0.0579 e. The van der Waals surface area contributed by atoms with Gasteiger partial charge in [-0.1, -0.05) is 427 Å². The van der Waals surface area contributed by atoms with E-state index in [0.717, 1.165) is 343 Å². The number of rotatable bonds is 2. The van der Waals surface area contributed by atoms with Crippen LogP contribution in [0, 0.1) is 387 Å². The highest BCUT2D eigenvalue weighted by Gasteiger charge is 2.72. The summed E-state index contributed by atoms with van der Waals surface area (Å²) in [5.74, 6) is 57.8. The molecule has 1 aliphatic heterocycles. The topological polar surface area (TPSA) is 9.23 Å². The van der Waals surface area contributed by atoms with Crippen LogP contribution in [-0.2, 0) is 4.74 Å². The second kappa shape index (κ2) is 47.0. The molecule has 1 nitrogen and oxygen atoms in total. The van der Waals surface area contributed by atoms with Crippen LogP contribution in [0.5, 0.6) is 0 Å². The molecule has 0 aromatic heterocycles. The highest BCUT2D eigenvalue weighted by molar-refractivity contribution is 5.21. The van der Waals surface area contributed by atoms with E-state index in [1.54, 1.807) is 25.7 Å². The van der Waals surface area contributed by atoms with Crippen molar-refractivity contribution in [1.82, 2.24) is 0 Å². The maximum atomic E-state index is 5.59. The third-order valence-electron chi connectivity index (χ3n) is 60.5. The summed E-state index contributed by atoms with van der Waals surface area (Å²) in [6.07, 6.45) is 22.3. The Bertz CT molecular complexity index is 3480. The van der Waals surface area contributed by atoms with Crippen LogP contribution in [0.4, 0.5) is 0 Å². The van der Waals surface area contributed by atoms with E-state index in [0.29, 0.717) is 55.5 Å². The SMILES string of the molecule is CC1(C)C(C)(C)C(C)(C)C1(C)C.CC1C(C)(C)C(C)C1(C)C.CC1C(C)C(C)(C)C1(C)C.CC1C(C)C(C)C1C.CC1C(C)C2C=CC1C(C)C2C.CC1C(C)C2CC1C(C)C2C.CC1C(C)C2CC1C1C(C)C(C)C21.CC1C(C)C2CC1C1C3CC(C(C)C3C)C21.CC1CC(C)C(C)C1C.CC1CC(C)C(C)CC1C.CC1OC(C)C(C)C1C.CCC1C(C)C2CC1C(C)C2C.CCC1C(C)CC(C)C1C. The van der Waals surface area contributed by atoms with Gasteiger partial charge in [-0.15, -0.1) is 0 Å². The highest BCUT2D eigenvalue weighted by atomic mass is 16.5. The monoisotopic (exact) mass is 1970 g/mol. The molecule has 0 amide bonds. The van der Waals surface area contributed by atoms with E-state index >= 15 is 0 Å². The lowest BCUT2D eigenvalue weighted by atomic mass is 9.28. The lowest BCUT2D eigenvalue weighted by molar-refractivity contribution is -0.283. The number of fused-ring (bicyclic) bond motifs is 20. The summed E-state index contributed by atoms with van der Waals surface area (Å²) in [5.41, 5.74) is 4.03. The Morgan fingerprint density at radius 2 is 0.394 bits per heavy atom. The molecule has 20 fully saturated rings. The third kappa shape index (κ3) is 22.5. The largest absolute Gasteiger partial charge is 0.375 e. The van der Waals surface area contributed by atoms with E-state index in [1.165, 1.54) is 44.9 Å². The van der Waals surface area contributed by atoms with E-state index in [4.69, 9.17) is 4.74 Å². The summed E-state index contributed by atoms with van der Waals surface area (Å²) in [6, 6.07) is 0. The van der Waals surface area contributed by atoms with Crippen molar-refractivity contribution in [3.63, 3.8) is 0 Å². The molecule has 0 radical (unpaired) electrons. The van der Waals surface area contributed by atoms with Gasteiger partial charge in [-0.2, -0.15) is 0 Å². The van der Waals surface area contributed by atoms with Gasteiger partial charge < -0.3 is 4.74 Å². The summed E-state index contributed by atoms with van der Waals surface area (Å²) >= 11 is 0. The fourth-order valence-electron chi connectivity index (χ4n) is 41.2. The van der Waals surface area contributed by atoms with Gasteiger partial charge in [-0.05, 0) is 458 Å². The Balaban J connectivity index is 0.000000172. The van der Waals surface area contributed by atoms with Gasteiger partial charge in [0.25, 0.3) is 0 Å². The Morgan fingerprint density at radius 3 is 0.585 bits per heavy atom. The zero-order valence-electron chi connectivity index (χ0n) is 108. The summed E-state index contributed by atoms with van der Waals surface area (Å²) < 4.78 is 5.59. The van der Waals surface area contributed by atoms with Gasteiger partial charge in [0.05, 0.1) is 12.2 Å². The molecule has 19 saturated carbocycles. The predicted molar refractivity (Wildman–Crippen MR) is 631 cm³/mol. The molecule has 0 aromatic rings. The molecular weight excluding hydrogens is 1710 g/mol. The van der Waals surface area contributed by atoms with Crippen LogP contribution in [0.15, 0.2) is 12.2 Å². The average Bonchev–Trinajstić information content (AvgIpc) is 0.951. The molecule has 48 unspecified atom stereocenters. The Kier molecular flexibility index (Phi) is 41.4. The molecule has 22 aliphatic rings. The summed E-state index contributed by atoms with van der Waals surface area (Å²) in [4.78, 5) is 0. The van der Waals surface area contributed by atoms with Crippen LogP contribution in [0.2, 0.25) is 0 Å². The van der Waals surface area contributed by atoms with Crippen LogP contribution in [0.25, 0.3) is 0 Å². The molecule has 1 heteroatoms. The van der Waals surface area contributed by atoms with Crippen molar-refractivity contribution >= 4 is 0 Å². The van der Waals surface area contributed by atoms with Crippen molar-refractivity contribution in [2.75, 3.05) is 0 Å². The van der Waals surface area contributed by atoms with Crippen LogP contribution >= 0.6 is 0 Å². The van der Waals surface area contributed by atoms with Crippen molar-refractivity contribution in [3.8, 4) is 0 Å². The van der Waals surface area contributed by atoms with Gasteiger partial charge in [0.1, 0.15) is 0 Å². The van der Waals surface area contributed by atoms with E-state index in [1.807, 2.05) is 0 Å². The first-order chi connectivity index (χ1) is 64.9. The second-order valence-corrected chi connectivity index (χ2v) is 64.8. The average molecular weight is 1980 g/mol. The fraction of sp³-hybridized carbons (Fsp3) is 0.986. The predicted octanol–water partition coefficient (Wildman–Crippen LogP) is 42.5. The lowest BCUT2D eigenvalue weighted by Crippen LogP contribution is -2.70. The molecule has 0 aromatic carbocycles. The first kappa shape index (κ1) is 125. The van der Waals surface area contributed by atoms with Gasteiger partial charge >= 0.3 is 0 Å². The normalized spacial score (nSPS) is 54.4. The molecule has 142 heavy (non-hydrogen) atoms. The third-order valence-corrected chi connectivity index (χ3v) is 60.5.